The highest BCUT2D eigenvalue weighted by Gasteiger charge is 2.18. The molecule has 1 aromatic rings. The zero-order valence-electron chi connectivity index (χ0n) is 11.1. The predicted octanol–water partition coefficient (Wildman–Crippen LogP) is 4.87. The predicted molar refractivity (Wildman–Crippen MR) is 73.3 cm³/mol. The topological polar surface area (TPSA) is 17.1 Å². The van der Waals surface area contributed by atoms with Gasteiger partial charge >= 0.3 is 0 Å². The normalized spacial score (nSPS) is 10.8. The van der Waals surface area contributed by atoms with Crippen LogP contribution >= 0.6 is 0 Å². The van der Waals surface area contributed by atoms with Crippen molar-refractivity contribution in [1.29, 1.82) is 0 Å². The molecule has 0 fully saturated rings. The minimum atomic E-state index is 0.234. The first-order valence-electron chi connectivity index (χ1n) is 6.88. The number of carbonyl (C=O) groups is 1. The number of hydrogen-bond acceptors (Lipinski definition) is 1. The minimum Gasteiger partial charge on any atom is -0.294 e. The van der Waals surface area contributed by atoms with E-state index in [1.165, 1.54) is 12.8 Å². The maximum atomic E-state index is 12.4. The van der Waals surface area contributed by atoms with E-state index in [1.807, 2.05) is 30.3 Å². The Labute approximate surface area is 105 Å². The fraction of sp³-hybridized carbons (Fsp3) is 0.562. The van der Waals surface area contributed by atoms with E-state index in [2.05, 4.69) is 13.8 Å². The molecule has 0 bridgehead atoms. The van der Waals surface area contributed by atoms with Gasteiger partial charge < -0.3 is 0 Å². The average molecular weight is 232 g/mol. The van der Waals surface area contributed by atoms with E-state index in [0.29, 0.717) is 5.78 Å². The maximum absolute atomic E-state index is 12.4. The van der Waals surface area contributed by atoms with Crippen molar-refractivity contribution in [3.8, 4) is 0 Å². The SMILES string of the molecule is CCCCC(CCCC)C(=O)c1ccccc1. The molecular formula is C16H24O. The Hall–Kier alpha value is -1.11. The number of rotatable bonds is 8. The third-order valence-electron chi connectivity index (χ3n) is 3.24. The fourth-order valence-corrected chi connectivity index (χ4v) is 2.15. The van der Waals surface area contributed by atoms with Gasteiger partial charge in [-0.25, -0.2) is 0 Å². The van der Waals surface area contributed by atoms with Gasteiger partial charge in [0, 0.05) is 11.5 Å². The van der Waals surface area contributed by atoms with Crippen molar-refractivity contribution in [3.63, 3.8) is 0 Å². The number of carbonyl (C=O) groups excluding carboxylic acids is 1. The lowest BCUT2D eigenvalue weighted by molar-refractivity contribution is 0.0902. The second-order valence-electron chi connectivity index (χ2n) is 4.71. The molecule has 0 aromatic heterocycles. The summed E-state index contributed by atoms with van der Waals surface area (Å²) in [6.07, 6.45) is 6.75. The summed E-state index contributed by atoms with van der Waals surface area (Å²) in [4.78, 5) is 12.4. The van der Waals surface area contributed by atoms with E-state index in [9.17, 15) is 4.79 Å². The Kier molecular flexibility index (Phi) is 6.61. The van der Waals surface area contributed by atoms with Gasteiger partial charge in [-0.2, -0.15) is 0 Å². The molecule has 0 aliphatic heterocycles. The fourth-order valence-electron chi connectivity index (χ4n) is 2.15. The Morgan fingerprint density at radius 2 is 1.53 bits per heavy atom. The van der Waals surface area contributed by atoms with Crippen molar-refractivity contribution in [1.82, 2.24) is 0 Å². The van der Waals surface area contributed by atoms with E-state index >= 15 is 0 Å². The van der Waals surface area contributed by atoms with Crippen LogP contribution in [0.4, 0.5) is 0 Å². The lowest BCUT2D eigenvalue weighted by Gasteiger charge is -2.15. The average Bonchev–Trinajstić information content (AvgIpc) is 2.39. The molecule has 17 heavy (non-hydrogen) atoms. The molecule has 1 aromatic carbocycles. The van der Waals surface area contributed by atoms with Gasteiger partial charge in [-0.3, -0.25) is 4.79 Å². The monoisotopic (exact) mass is 232 g/mol. The van der Waals surface area contributed by atoms with E-state index in [-0.39, 0.29) is 5.92 Å². The van der Waals surface area contributed by atoms with Crippen molar-refractivity contribution in [2.24, 2.45) is 5.92 Å². The number of unbranched alkanes of at least 4 members (excludes halogenated alkanes) is 2. The summed E-state index contributed by atoms with van der Waals surface area (Å²) in [5, 5.41) is 0. The van der Waals surface area contributed by atoms with Gasteiger partial charge in [-0.1, -0.05) is 69.9 Å². The number of ketones is 1. The molecule has 94 valence electrons. The van der Waals surface area contributed by atoms with Crippen LogP contribution in [0, 0.1) is 5.92 Å². The summed E-state index contributed by atoms with van der Waals surface area (Å²) in [5.74, 6) is 0.574. The maximum Gasteiger partial charge on any atom is 0.165 e. The highest BCUT2D eigenvalue weighted by atomic mass is 16.1. The van der Waals surface area contributed by atoms with E-state index in [4.69, 9.17) is 0 Å². The Morgan fingerprint density at radius 1 is 1.00 bits per heavy atom. The van der Waals surface area contributed by atoms with E-state index < -0.39 is 0 Å². The molecule has 0 heterocycles. The number of benzene rings is 1. The molecule has 1 nitrogen and oxygen atoms in total. The largest absolute Gasteiger partial charge is 0.294 e. The lowest BCUT2D eigenvalue weighted by Crippen LogP contribution is -2.15. The van der Waals surface area contributed by atoms with Crippen molar-refractivity contribution in [3.05, 3.63) is 35.9 Å². The number of hydrogen-bond donors (Lipinski definition) is 0. The van der Waals surface area contributed by atoms with Gasteiger partial charge in [0.2, 0.25) is 0 Å². The van der Waals surface area contributed by atoms with Gasteiger partial charge in [0.25, 0.3) is 0 Å². The third-order valence-corrected chi connectivity index (χ3v) is 3.24. The second-order valence-corrected chi connectivity index (χ2v) is 4.71. The highest BCUT2D eigenvalue weighted by molar-refractivity contribution is 5.97. The van der Waals surface area contributed by atoms with Crippen molar-refractivity contribution < 1.29 is 4.79 Å². The highest BCUT2D eigenvalue weighted by Crippen LogP contribution is 2.21. The van der Waals surface area contributed by atoms with Crippen LogP contribution in [-0.4, -0.2) is 5.78 Å². The molecule has 0 radical (unpaired) electrons. The minimum absolute atomic E-state index is 0.234. The van der Waals surface area contributed by atoms with E-state index in [1.54, 1.807) is 0 Å². The van der Waals surface area contributed by atoms with Crippen LogP contribution < -0.4 is 0 Å². The van der Waals surface area contributed by atoms with Gasteiger partial charge in [0.05, 0.1) is 0 Å². The van der Waals surface area contributed by atoms with Gasteiger partial charge in [0.1, 0.15) is 0 Å². The third kappa shape index (κ3) is 4.72. The summed E-state index contributed by atoms with van der Waals surface area (Å²) in [6, 6.07) is 9.73. The zero-order chi connectivity index (χ0) is 12.5. The first-order chi connectivity index (χ1) is 8.29. The lowest BCUT2D eigenvalue weighted by atomic mass is 9.88. The Bertz CT molecular complexity index is 308. The molecule has 0 saturated carbocycles. The zero-order valence-corrected chi connectivity index (χ0v) is 11.1. The summed E-state index contributed by atoms with van der Waals surface area (Å²) in [6.45, 7) is 4.37. The standard InChI is InChI=1S/C16H24O/c1-3-5-10-14(11-6-4-2)16(17)15-12-8-7-9-13-15/h7-9,12-14H,3-6,10-11H2,1-2H3. The first kappa shape index (κ1) is 14.0. The van der Waals surface area contributed by atoms with Crippen LogP contribution in [0.25, 0.3) is 0 Å². The van der Waals surface area contributed by atoms with Crippen molar-refractivity contribution in [2.75, 3.05) is 0 Å². The van der Waals surface area contributed by atoms with Gasteiger partial charge in [-0.15, -0.1) is 0 Å². The van der Waals surface area contributed by atoms with Crippen molar-refractivity contribution in [2.45, 2.75) is 52.4 Å². The van der Waals surface area contributed by atoms with Crippen LogP contribution in [0.5, 0.6) is 0 Å². The summed E-state index contributed by atoms with van der Waals surface area (Å²) >= 11 is 0. The van der Waals surface area contributed by atoms with Crippen LogP contribution in [0.15, 0.2) is 30.3 Å². The Morgan fingerprint density at radius 3 is 2.00 bits per heavy atom. The van der Waals surface area contributed by atoms with Crippen LogP contribution in [0.2, 0.25) is 0 Å². The summed E-state index contributed by atoms with van der Waals surface area (Å²) in [7, 11) is 0. The van der Waals surface area contributed by atoms with Crippen LogP contribution in [0.1, 0.15) is 62.7 Å². The summed E-state index contributed by atoms with van der Waals surface area (Å²) < 4.78 is 0. The van der Waals surface area contributed by atoms with Gasteiger partial charge in [-0.05, 0) is 12.8 Å². The summed E-state index contributed by atoms with van der Waals surface area (Å²) in [5.41, 5.74) is 0.879. The molecule has 0 saturated heterocycles. The molecule has 0 aliphatic rings. The first-order valence-corrected chi connectivity index (χ1v) is 6.88. The van der Waals surface area contributed by atoms with Crippen molar-refractivity contribution >= 4 is 5.78 Å². The molecule has 0 amide bonds. The quantitative estimate of drug-likeness (QED) is 0.585. The molecule has 0 N–H and O–H groups in total. The van der Waals surface area contributed by atoms with Crippen LogP contribution in [0.3, 0.4) is 0 Å². The Balaban J connectivity index is 2.64. The van der Waals surface area contributed by atoms with E-state index in [0.717, 1.165) is 31.2 Å². The van der Waals surface area contributed by atoms with Gasteiger partial charge in [0.15, 0.2) is 5.78 Å². The molecule has 0 aliphatic carbocycles. The number of Topliss-reactive ketones (excluding diaryl/α,β-unsaturated/α-hetero) is 1. The smallest absolute Gasteiger partial charge is 0.165 e. The molecule has 1 heteroatoms. The molecule has 0 unspecified atom stereocenters. The molecule has 1 rings (SSSR count). The molecule has 0 atom stereocenters. The molecular weight excluding hydrogens is 208 g/mol. The van der Waals surface area contributed by atoms with Crippen LogP contribution in [-0.2, 0) is 0 Å². The molecule has 0 spiro atoms. The second kappa shape index (κ2) is 8.05.